The van der Waals surface area contributed by atoms with Crippen LogP contribution in [0.1, 0.15) is 75.8 Å². The molecule has 25 heavy (non-hydrogen) atoms. The van der Waals surface area contributed by atoms with Crippen molar-refractivity contribution in [2.75, 3.05) is 13.1 Å². The smallest absolute Gasteiger partial charge is 0.226 e. The molecule has 0 N–H and O–H groups in total. The summed E-state index contributed by atoms with van der Waals surface area (Å²) >= 11 is 0. The van der Waals surface area contributed by atoms with Gasteiger partial charge in [-0.05, 0) is 42.2 Å². The molecule has 0 atom stereocenters. The van der Waals surface area contributed by atoms with Gasteiger partial charge in [0.05, 0.1) is 6.42 Å². The van der Waals surface area contributed by atoms with Crippen LogP contribution >= 0.6 is 0 Å². The normalized spacial score (nSPS) is 20.0. The minimum absolute atomic E-state index is 0.319. The van der Waals surface area contributed by atoms with Crippen molar-refractivity contribution in [2.45, 2.75) is 77.6 Å². The lowest BCUT2D eigenvalue weighted by molar-refractivity contribution is -0.131. The van der Waals surface area contributed by atoms with Gasteiger partial charge >= 0.3 is 0 Å². The topological polar surface area (TPSA) is 20.3 Å². The van der Waals surface area contributed by atoms with Gasteiger partial charge in [-0.15, -0.1) is 0 Å². The number of rotatable bonds is 6. The first kappa shape index (κ1) is 18.5. The molecule has 1 saturated heterocycles. The fraction of sp³-hybridized carbons (Fsp3) is 0.696. The number of likely N-dealkylation sites (tertiary alicyclic amines) is 1. The van der Waals surface area contributed by atoms with Gasteiger partial charge in [0.15, 0.2) is 0 Å². The molecule has 0 aromatic heterocycles. The van der Waals surface area contributed by atoms with Crippen molar-refractivity contribution in [3.8, 4) is 0 Å². The van der Waals surface area contributed by atoms with Crippen molar-refractivity contribution in [3.63, 3.8) is 0 Å². The first-order valence-electron chi connectivity index (χ1n) is 10.6. The minimum Gasteiger partial charge on any atom is -0.342 e. The van der Waals surface area contributed by atoms with Gasteiger partial charge in [0.1, 0.15) is 0 Å². The molecule has 0 unspecified atom stereocenters. The zero-order chi connectivity index (χ0) is 17.5. The monoisotopic (exact) mass is 341 g/mol. The molecule has 0 radical (unpaired) electrons. The van der Waals surface area contributed by atoms with E-state index in [2.05, 4.69) is 36.1 Å². The van der Waals surface area contributed by atoms with E-state index in [0.717, 1.165) is 31.3 Å². The summed E-state index contributed by atoms with van der Waals surface area (Å²) < 4.78 is 0. The number of carbonyl (C=O) groups is 1. The molecule has 0 bridgehead atoms. The third kappa shape index (κ3) is 5.59. The molecule has 1 aromatic rings. The van der Waals surface area contributed by atoms with Gasteiger partial charge in [0.2, 0.25) is 5.91 Å². The molecule has 1 heterocycles. The zero-order valence-electron chi connectivity index (χ0n) is 16.0. The third-order valence-corrected chi connectivity index (χ3v) is 6.43. The highest BCUT2D eigenvalue weighted by Crippen LogP contribution is 2.31. The molecule has 3 rings (SSSR count). The Balaban J connectivity index is 1.39. The highest BCUT2D eigenvalue weighted by molar-refractivity contribution is 5.78. The van der Waals surface area contributed by atoms with Crippen molar-refractivity contribution >= 4 is 5.91 Å². The van der Waals surface area contributed by atoms with Crippen LogP contribution in [0.2, 0.25) is 0 Å². The predicted octanol–water partition coefficient (Wildman–Crippen LogP) is 5.39. The van der Waals surface area contributed by atoms with E-state index in [1.807, 2.05) is 0 Å². The standard InChI is InChI=1S/C23H35NO/c1-2-19-9-6-10-22(17-19)18-23(25)24-15-13-21(14-16-24)12-11-20-7-4-3-5-8-20/h6,9-10,17,20-21H,2-5,7-8,11-16,18H2,1H3. The van der Waals surface area contributed by atoms with Crippen molar-refractivity contribution in [1.29, 1.82) is 0 Å². The number of hydrogen-bond donors (Lipinski definition) is 0. The Morgan fingerprint density at radius 1 is 0.960 bits per heavy atom. The summed E-state index contributed by atoms with van der Waals surface area (Å²) in [6.07, 6.45) is 14.2. The van der Waals surface area contributed by atoms with Gasteiger partial charge in [-0.2, -0.15) is 0 Å². The van der Waals surface area contributed by atoms with E-state index in [9.17, 15) is 4.79 Å². The first-order valence-corrected chi connectivity index (χ1v) is 10.6. The van der Waals surface area contributed by atoms with Gasteiger partial charge < -0.3 is 4.90 Å². The molecule has 1 aliphatic carbocycles. The van der Waals surface area contributed by atoms with Gasteiger partial charge in [0.25, 0.3) is 0 Å². The number of carbonyl (C=O) groups excluding carboxylic acids is 1. The summed E-state index contributed by atoms with van der Waals surface area (Å²) in [7, 11) is 0. The SMILES string of the molecule is CCc1cccc(CC(=O)N2CCC(CCC3CCCCC3)CC2)c1. The lowest BCUT2D eigenvalue weighted by Crippen LogP contribution is -2.39. The molecule has 2 heteroatoms. The highest BCUT2D eigenvalue weighted by atomic mass is 16.2. The van der Waals surface area contributed by atoms with Crippen LogP contribution in [0.3, 0.4) is 0 Å². The molecule has 1 aromatic carbocycles. The van der Waals surface area contributed by atoms with Gasteiger partial charge in [-0.25, -0.2) is 0 Å². The molecule has 1 saturated carbocycles. The summed E-state index contributed by atoms with van der Waals surface area (Å²) in [5.41, 5.74) is 2.50. The van der Waals surface area contributed by atoms with Gasteiger partial charge in [-0.1, -0.05) is 76.1 Å². The lowest BCUT2D eigenvalue weighted by atomic mass is 9.82. The maximum absolute atomic E-state index is 12.6. The molecule has 2 aliphatic rings. The summed E-state index contributed by atoms with van der Waals surface area (Å²) in [6.45, 7) is 4.11. The lowest BCUT2D eigenvalue weighted by Gasteiger charge is -2.33. The second-order valence-electron chi connectivity index (χ2n) is 8.26. The van der Waals surface area contributed by atoms with E-state index in [0.29, 0.717) is 12.3 Å². The van der Waals surface area contributed by atoms with E-state index in [1.165, 1.54) is 68.9 Å². The second kappa shape index (κ2) is 9.40. The zero-order valence-corrected chi connectivity index (χ0v) is 16.0. The number of nitrogens with zero attached hydrogens (tertiary/aromatic N) is 1. The van der Waals surface area contributed by atoms with Crippen LogP contribution in [0.5, 0.6) is 0 Å². The Morgan fingerprint density at radius 2 is 1.60 bits per heavy atom. The van der Waals surface area contributed by atoms with Crippen LogP contribution in [0.15, 0.2) is 24.3 Å². The molecule has 1 amide bonds. The van der Waals surface area contributed by atoms with Gasteiger partial charge in [-0.3, -0.25) is 4.79 Å². The maximum Gasteiger partial charge on any atom is 0.226 e. The molecular formula is C23H35NO. The number of amides is 1. The third-order valence-electron chi connectivity index (χ3n) is 6.43. The van der Waals surface area contributed by atoms with E-state index in [1.54, 1.807) is 0 Å². The van der Waals surface area contributed by atoms with Crippen LogP contribution in [0.25, 0.3) is 0 Å². The highest BCUT2D eigenvalue weighted by Gasteiger charge is 2.24. The van der Waals surface area contributed by atoms with E-state index >= 15 is 0 Å². The van der Waals surface area contributed by atoms with Crippen LogP contribution in [-0.2, 0) is 17.6 Å². The van der Waals surface area contributed by atoms with Crippen molar-refractivity contribution in [3.05, 3.63) is 35.4 Å². The van der Waals surface area contributed by atoms with Crippen LogP contribution in [0, 0.1) is 11.8 Å². The maximum atomic E-state index is 12.6. The molecule has 2 fully saturated rings. The average molecular weight is 342 g/mol. The fourth-order valence-electron chi connectivity index (χ4n) is 4.66. The van der Waals surface area contributed by atoms with Gasteiger partial charge in [0, 0.05) is 13.1 Å². The molecule has 0 spiro atoms. The van der Waals surface area contributed by atoms with Crippen LogP contribution < -0.4 is 0 Å². The summed E-state index contributed by atoms with van der Waals surface area (Å²) in [5.74, 6) is 2.17. The predicted molar refractivity (Wildman–Crippen MR) is 105 cm³/mol. The fourth-order valence-corrected chi connectivity index (χ4v) is 4.66. The number of benzene rings is 1. The number of aryl methyl sites for hydroxylation is 1. The van der Waals surface area contributed by atoms with Crippen molar-refractivity contribution in [1.82, 2.24) is 4.90 Å². The average Bonchev–Trinajstić information content (AvgIpc) is 2.67. The Labute approximate surface area is 154 Å². The number of piperidine rings is 1. The Morgan fingerprint density at radius 3 is 2.28 bits per heavy atom. The van der Waals surface area contributed by atoms with E-state index in [4.69, 9.17) is 0 Å². The molecular weight excluding hydrogens is 306 g/mol. The molecule has 138 valence electrons. The first-order chi connectivity index (χ1) is 12.2. The van der Waals surface area contributed by atoms with E-state index < -0.39 is 0 Å². The second-order valence-corrected chi connectivity index (χ2v) is 8.26. The Hall–Kier alpha value is -1.31. The quantitative estimate of drug-likeness (QED) is 0.679. The molecule has 1 aliphatic heterocycles. The number of hydrogen-bond acceptors (Lipinski definition) is 1. The largest absolute Gasteiger partial charge is 0.342 e. The summed E-state index contributed by atoms with van der Waals surface area (Å²) in [6, 6.07) is 8.51. The summed E-state index contributed by atoms with van der Waals surface area (Å²) in [5, 5.41) is 0. The Bertz CT molecular complexity index is 539. The van der Waals surface area contributed by atoms with Crippen LogP contribution in [-0.4, -0.2) is 23.9 Å². The molecule has 2 nitrogen and oxygen atoms in total. The Kier molecular flexibility index (Phi) is 6.95. The van der Waals surface area contributed by atoms with Crippen molar-refractivity contribution < 1.29 is 4.79 Å². The van der Waals surface area contributed by atoms with E-state index in [-0.39, 0.29) is 0 Å². The minimum atomic E-state index is 0.319. The van der Waals surface area contributed by atoms with Crippen LogP contribution in [0.4, 0.5) is 0 Å². The van der Waals surface area contributed by atoms with Crippen molar-refractivity contribution in [2.24, 2.45) is 11.8 Å². The summed E-state index contributed by atoms with van der Waals surface area (Å²) in [4.78, 5) is 14.7.